The molecule has 2 unspecified atom stereocenters. The van der Waals surface area contributed by atoms with Crippen LogP contribution in [0.2, 0.25) is 0 Å². The van der Waals surface area contributed by atoms with Gasteiger partial charge in [0.1, 0.15) is 11.9 Å². The Morgan fingerprint density at radius 2 is 1.62 bits per heavy atom. The molecule has 1 aromatic rings. The van der Waals surface area contributed by atoms with Gasteiger partial charge in [-0.2, -0.15) is 0 Å². The number of rotatable bonds is 9. The Kier molecular flexibility index (Phi) is 7.07. The lowest BCUT2D eigenvalue weighted by atomic mass is 9.90. The maximum Gasteiger partial charge on any atom is 0.191 e. The highest BCUT2D eigenvalue weighted by Gasteiger charge is 2.45. The van der Waals surface area contributed by atoms with Gasteiger partial charge in [-0.15, -0.1) is 0 Å². The molecule has 0 aliphatic carbocycles. The van der Waals surface area contributed by atoms with Crippen LogP contribution in [0.15, 0.2) is 24.3 Å². The fourth-order valence-corrected chi connectivity index (χ4v) is 2.00. The second-order valence-corrected chi connectivity index (χ2v) is 4.57. The third-order valence-electron chi connectivity index (χ3n) is 3.20. The second-order valence-electron chi connectivity index (χ2n) is 4.57. The highest BCUT2D eigenvalue weighted by molar-refractivity contribution is 5.30. The van der Waals surface area contributed by atoms with Crippen molar-refractivity contribution in [3.63, 3.8) is 0 Å². The molecule has 0 radical (unpaired) electrons. The number of aliphatic hydroxyl groups is 3. The summed E-state index contributed by atoms with van der Waals surface area (Å²) in [6.07, 6.45) is -2.49. The summed E-state index contributed by atoms with van der Waals surface area (Å²) in [7, 11) is 1.54. The van der Waals surface area contributed by atoms with Crippen molar-refractivity contribution in [2.75, 3.05) is 26.9 Å². The average molecular weight is 300 g/mol. The van der Waals surface area contributed by atoms with E-state index in [1.165, 1.54) is 7.11 Å². The fourth-order valence-electron chi connectivity index (χ4n) is 2.00. The third kappa shape index (κ3) is 4.15. The molecule has 0 fully saturated rings. The zero-order valence-corrected chi connectivity index (χ0v) is 12.7. The predicted octanol–water partition coefficient (Wildman–Crippen LogP) is 0.851. The van der Waals surface area contributed by atoms with E-state index in [4.69, 9.17) is 14.2 Å². The Balaban J connectivity index is 3.02. The van der Waals surface area contributed by atoms with Gasteiger partial charge in [-0.25, -0.2) is 0 Å². The number of hydrogen-bond acceptors (Lipinski definition) is 6. The molecule has 0 heterocycles. The van der Waals surface area contributed by atoms with Crippen molar-refractivity contribution in [2.24, 2.45) is 0 Å². The van der Waals surface area contributed by atoms with Crippen molar-refractivity contribution >= 4 is 0 Å². The van der Waals surface area contributed by atoms with E-state index in [2.05, 4.69) is 0 Å². The van der Waals surface area contributed by atoms with Gasteiger partial charge in [0.15, 0.2) is 11.9 Å². The molecule has 0 amide bonds. The van der Waals surface area contributed by atoms with Crippen molar-refractivity contribution in [3.05, 3.63) is 29.8 Å². The molecule has 21 heavy (non-hydrogen) atoms. The first kappa shape index (κ1) is 17.9. The number of benzene rings is 1. The summed E-state index contributed by atoms with van der Waals surface area (Å²) in [5.41, 5.74) is -1.53. The van der Waals surface area contributed by atoms with Crippen LogP contribution in [0.25, 0.3) is 0 Å². The van der Waals surface area contributed by atoms with Crippen LogP contribution in [0.3, 0.4) is 0 Å². The van der Waals surface area contributed by atoms with Crippen LogP contribution in [0.1, 0.15) is 25.5 Å². The van der Waals surface area contributed by atoms with Crippen LogP contribution in [-0.2, 0) is 9.47 Å². The maximum atomic E-state index is 10.6. The molecule has 1 aromatic carbocycles. The molecule has 0 aliphatic heterocycles. The topological polar surface area (TPSA) is 88.4 Å². The van der Waals surface area contributed by atoms with Crippen molar-refractivity contribution in [1.29, 1.82) is 0 Å². The molecular weight excluding hydrogens is 276 g/mol. The van der Waals surface area contributed by atoms with E-state index >= 15 is 0 Å². The van der Waals surface area contributed by atoms with E-state index in [1.807, 2.05) is 0 Å². The molecule has 0 aliphatic rings. The number of ether oxygens (including phenoxy) is 3. The van der Waals surface area contributed by atoms with E-state index in [0.717, 1.165) is 0 Å². The Hall–Kier alpha value is -1.18. The number of methoxy groups -OCH3 is 1. The summed E-state index contributed by atoms with van der Waals surface area (Å²) >= 11 is 0. The van der Waals surface area contributed by atoms with Crippen LogP contribution in [0.5, 0.6) is 5.75 Å². The van der Waals surface area contributed by atoms with E-state index in [0.29, 0.717) is 11.3 Å². The minimum Gasteiger partial charge on any atom is -0.497 e. The quantitative estimate of drug-likeness (QED) is 0.586. The molecule has 1 rings (SSSR count). The minimum absolute atomic E-state index is 0.280. The Labute approximate surface area is 124 Å². The molecule has 6 nitrogen and oxygen atoms in total. The molecule has 120 valence electrons. The average Bonchev–Trinajstić information content (AvgIpc) is 2.53. The van der Waals surface area contributed by atoms with Crippen LogP contribution >= 0.6 is 0 Å². The summed E-state index contributed by atoms with van der Waals surface area (Å²) < 4.78 is 15.7. The summed E-state index contributed by atoms with van der Waals surface area (Å²) in [6.45, 7) is 3.34. The lowest BCUT2D eigenvalue weighted by Crippen LogP contribution is -2.53. The van der Waals surface area contributed by atoms with E-state index in [-0.39, 0.29) is 13.2 Å². The maximum absolute atomic E-state index is 10.6. The van der Waals surface area contributed by atoms with Crippen LogP contribution in [0.4, 0.5) is 0 Å². The first-order valence-corrected chi connectivity index (χ1v) is 6.91. The third-order valence-corrected chi connectivity index (χ3v) is 3.20. The molecule has 6 heteroatoms. The largest absolute Gasteiger partial charge is 0.497 e. The van der Waals surface area contributed by atoms with Crippen molar-refractivity contribution in [3.8, 4) is 5.75 Å². The molecule has 0 bridgehead atoms. The second kappa shape index (κ2) is 8.31. The zero-order valence-electron chi connectivity index (χ0n) is 12.7. The van der Waals surface area contributed by atoms with Gasteiger partial charge in [-0.05, 0) is 31.5 Å². The molecule has 0 saturated heterocycles. The van der Waals surface area contributed by atoms with Gasteiger partial charge in [0, 0.05) is 13.2 Å². The molecule has 0 saturated carbocycles. The van der Waals surface area contributed by atoms with Crippen molar-refractivity contribution < 1.29 is 29.5 Å². The molecule has 2 atom stereocenters. The highest BCUT2D eigenvalue weighted by Crippen LogP contribution is 2.32. The Morgan fingerprint density at radius 3 is 2.00 bits per heavy atom. The van der Waals surface area contributed by atoms with Crippen LogP contribution < -0.4 is 4.74 Å². The van der Waals surface area contributed by atoms with Gasteiger partial charge in [0.05, 0.1) is 13.7 Å². The Bertz CT molecular complexity index is 401. The SMILES string of the molecule is CCOC(OCC)C(O)(CO)C(O)c1ccc(OC)cc1. The van der Waals surface area contributed by atoms with E-state index < -0.39 is 24.6 Å². The predicted molar refractivity (Wildman–Crippen MR) is 77.0 cm³/mol. The summed E-state index contributed by atoms with van der Waals surface area (Å²) in [4.78, 5) is 0. The van der Waals surface area contributed by atoms with Crippen molar-refractivity contribution in [1.82, 2.24) is 0 Å². The standard InChI is InChI=1S/C15H24O6/c1-4-20-14(21-5-2)15(18,10-16)13(17)11-6-8-12(19-3)9-7-11/h6-9,13-14,16-18H,4-5,10H2,1-3H3. The highest BCUT2D eigenvalue weighted by atomic mass is 16.7. The monoisotopic (exact) mass is 300 g/mol. The molecule has 0 spiro atoms. The van der Waals surface area contributed by atoms with Crippen LogP contribution in [0, 0.1) is 0 Å². The first-order chi connectivity index (χ1) is 10.0. The minimum atomic E-state index is -1.96. The zero-order chi connectivity index (χ0) is 15.9. The van der Waals surface area contributed by atoms with Gasteiger partial charge >= 0.3 is 0 Å². The fraction of sp³-hybridized carbons (Fsp3) is 0.600. The summed E-state index contributed by atoms with van der Waals surface area (Å²) in [5.74, 6) is 0.629. The van der Waals surface area contributed by atoms with Gasteiger partial charge < -0.3 is 29.5 Å². The van der Waals surface area contributed by atoms with Gasteiger partial charge in [-0.3, -0.25) is 0 Å². The smallest absolute Gasteiger partial charge is 0.191 e. The van der Waals surface area contributed by atoms with Gasteiger partial charge in [0.25, 0.3) is 0 Å². The first-order valence-electron chi connectivity index (χ1n) is 6.91. The number of aliphatic hydroxyl groups excluding tert-OH is 2. The van der Waals surface area contributed by atoms with E-state index in [9.17, 15) is 15.3 Å². The van der Waals surface area contributed by atoms with E-state index in [1.54, 1.807) is 38.1 Å². The summed E-state index contributed by atoms with van der Waals surface area (Å²) in [6, 6.07) is 6.54. The Morgan fingerprint density at radius 1 is 1.10 bits per heavy atom. The van der Waals surface area contributed by atoms with Crippen molar-refractivity contribution in [2.45, 2.75) is 31.8 Å². The lowest BCUT2D eigenvalue weighted by Gasteiger charge is -2.37. The van der Waals surface area contributed by atoms with Crippen LogP contribution in [-0.4, -0.2) is 54.1 Å². The number of hydrogen-bond donors (Lipinski definition) is 3. The molecule has 3 N–H and O–H groups in total. The van der Waals surface area contributed by atoms with Gasteiger partial charge in [-0.1, -0.05) is 12.1 Å². The molecule has 0 aromatic heterocycles. The molecular formula is C15H24O6. The normalized spacial score (nSPS) is 15.8. The summed E-state index contributed by atoms with van der Waals surface area (Å²) in [5, 5.41) is 30.6. The van der Waals surface area contributed by atoms with Gasteiger partial charge in [0.2, 0.25) is 0 Å². The lowest BCUT2D eigenvalue weighted by molar-refractivity contribution is -0.275.